The number of sulfonamides is 1. The van der Waals surface area contributed by atoms with E-state index in [4.69, 9.17) is 0 Å². The van der Waals surface area contributed by atoms with Crippen molar-refractivity contribution in [2.24, 2.45) is 0 Å². The Hall–Kier alpha value is -1.19. The lowest BCUT2D eigenvalue weighted by Gasteiger charge is -2.04. The van der Waals surface area contributed by atoms with Gasteiger partial charge >= 0.3 is 0 Å². The van der Waals surface area contributed by atoms with Crippen LogP contribution in [0.5, 0.6) is 0 Å². The average molecular weight is 287 g/mol. The summed E-state index contributed by atoms with van der Waals surface area (Å²) in [5, 5.41) is 3.24. The first-order valence-corrected chi connectivity index (χ1v) is 7.99. The van der Waals surface area contributed by atoms with E-state index in [0.717, 1.165) is 6.26 Å². The molecule has 1 aromatic rings. The lowest BCUT2D eigenvalue weighted by Crippen LogP contribution is -2.10. The molecule has 1 rings (SSSR count). The van der Waals surface area contributed by atoms with Crippen molar-refractivity contribution in [1.29, 1.82) is 0 Å². The van der Waals surface area contributed by atoms with Crippen LogP contribution in [0, 0.1) is 17.0 Å². The third-order valence-electron chi connectivity index (χ3n) is 1.75. The van der Waals surface area contributed by atoms with Gasteiger partial charge in [-0.05, 0) is 23.5 Å². The summed E-state index contributed by atoms with van der Waals surface area (Å²) in [6, 6.07) is 4.15. The molecule has 0 heterocycles. The Labute approximate surface area is 111 Å². The zero-order valence-corrected chi connectivity index (χ0v) is 12.0. The van der Waals surface area contributed by atoms with Crippen LogP contribution in [-0.2, 0) is 10.0 Å². The van der Waals surface area contributed by atoms with Gasteiger partial charge in [0.2, 0.25) is 10.0 Å². The van der Waals surface area contributed by atoms with E-state index in [9.17, 15) is 12.8 Å². The highest BCUT2D eigenvalue weighted by Gasteiger charge is 2.07. The van der Waals surface area contributed by atoms with Gasteiger partial charge in [0.15, 0.2) is 0 Å². The van der Waals surface area contributed by atoms with E-state index in [0.29, 0.717) is 10.8 Å². The number of anilines is 1. The van der Waals surface area contributed by atoms with Gasteiger partial charge in [-0.25, -0.2) is 12.8 Å². The minimum atomic E-state index is -3.47. The molecule has 0 spiro atoms. The van der Waals surface area contributed by atoms with E-state index in [1.165, 1.54) is 23.9 Å². The normalized spacial score (nSPS) is 10.9. The summed E-state index contributed by atoms with van der Waals surface area (Å²) >= 11 is 1.45. The molecule has 0 radical (unpaired) electrons. The molecule has 0 saturated heterocycles. The summed E-state index contributed by atoms with van der Waals surface area (Å²) in [5.41, 5.74) is 0.444. The molecular weight excluding hydrogens is 273 g/mol. The van der Waals surface area contributed by atoms with Crippen molar-refractivity contribution in [2.75, 3.05) is 11.0 Å². The second-order valence-corrected chi connectivity index (χ2v) is 7.09. The third-order valence-corrected chi connectivity index (χ3v) is 3.04. The third kappa shape index (κ3) is 5.43. The molecule has 0 saturated carbocycles. The second kappa shape index (κ2) is 6.12. The fraction of sp³-hybridized carbons (Fsp3) is 0.333. The standard InChI is InChI=1S/C12H14FNO2S2/c1-9(2)17-7-6-10-4-5-12(11(13)8-10)14-18(3,15)16/h4-5,8-9,14H,1-3H3. The van der Waals surface area contributed by atoms with Crippen molar-refractivity contribution in [3.63, 3.8) is 0 Å². The Morgan fingerprint density at radius 3 is 2.56 bits per heavy atom. The Morgan fingerprint density at radius 2 is 2.06 bits per heavy atom. The first kappa shape index (κ1) is 14.9. The Kier molecular flexibility index (Phi) is 5.05. The van der Waals surface area contributed by atoms with Crippen molar-refractivity contribution >= 4 is 27.5 Å². The van der Waals surface area contributed by atoms with Gasteiger partial charge in [-0.15, -0.1) is 0 Å². The number of benzene rings is 1. The molecule has 0 aliphatic carbocycles. The van der Waals surface area contributed by atoms with Crippen LogP contribution in [0.15, 0.2) is 18.2 Å². The van der Waals surface area contributed by atoms with E-state index in [1.54, 1.807) is 6.07 Å². The summed E-state index contributed by atoms with van der Waals surface area (Å²) in [6.07, 6.45) is 0.972. The maximum absolute atomic E-state index is 13.6. The largest absolute Gasteiger partial charge is 0.281 e. The van der Waals surface area contributed by atoms with Crippen LogP contribution in [0.2, 0.25) is 0 Å². The van der Waals surface area contributed by atoms with Gasteiger partial charge in [-0.3, -0.25) is 4.72 Å². The molecule has 0 amide bonds. The molecule has 0 unspecified atom stereocenters. The molecule has 0 aromatic heterocycles. The molecule has 0 atom stereocenters. The molecule has 0 aliphatic heterocycles. The average Bonchev–Trinajstić information content (AvgIpc) is 2.19. The van der Waals surface area contributed by atoms with Crippen molar-refractivity contribution in [2.45, 2.75) is 19.1 Å². The van der Waals surface area contributed by atoms with Crippen LogP contribution in [0.3, 0.4) is 0 Å². The van der Waals surface area contributed by atoms with Crippen molar-refractivity contribution in [1.82, 2.24) is 0 Å². The van der Waals surface area contributed by atoms with Crippen LogP contribution >= 0.6 is 11.8 Å². The minimum Gasteiger partial charge on any atom is -0.281 e. The number of thioether (sulfide) groups is 1. The number of rotatable bonds is 3. The smallest absolute Gasteiger partial charge is 0.229 e. The molecule has 6 heteroatoms. The molecule has 1 aromatic carbocycles. The maximum Gasteiger partial charge on any atom is 0.229 e. The lowest BCUT2D eigenvalue weighted by atomic mass is 10.2. The van der Waals surface area contributed by atoms with Gasteiger partial charge in [0.05, 0.1) is 11.9 Å². The summed E-state index contributed by atoms with van der Waals surface area (Å²) < 4.78 is 37.6. The molecule has 18 heavy (non-hydrogen) atoms. The van der Waals surface area contributed by atoms with Crippen LogP contribution in [0.1, 0.15) is 19.4 Å². The fourth-order valence-corrected chi connectivity index (χ4v) is 2.06. The molecule has 98 valence electrons. The number of hydrogen-bond donors (Lipinski definition) is 1. The van der Waals surface area contributed by atoms with Crippen LogP contribution in [-0.4, -0.2) is 19.9 Å². The molecule has 3 nitrogen and oxygen atoms in total. The summed E-state index contributed by atoms with van der Waals surface area (Å²) in [7, 11) is -3.47. The summed E-state index contributed by atoms with van der Waals surface area (Å²) in [4.78, 5) is 0. The van der Waals surface area contributed by atoms with Gasteiger partial charge in [-0.2, -0.15) is 0 Å². The van der Waals surface area contributed by atoms with Gasteiger partial charge in [0.1, 0.15) is 5.82 Å². The number of halogens is 1. The highest BCUT2D eigenvalue weighted by atomic mass is 32.2. The summed E-state index contributed by atoms with van der Waals surface area (Å²) in [5.74, 6) is 2.17. The Balaban J connectivity index is 2.88. The molecular formula is C12H14FNO2S2. The first-order chi connectivity index (χ1) is 8.28. The molecule has 0 fully saturated rings. The van der Waals surface area contributed by atoms with Crippen molar-refractivity contribution < 1.29 is 12.8 Å². The van der Waals surface area contributed by atoms with E-state index < -0.39 is 15.8 Å². The topological polar surface area (TPSA) is 46.2 Å². The predicted molar refractivity (Wildman–Crippen MR) is 74.5 cm³/mol. The second-order valence-electron chi connectivity index (χ2n) is 3.96. The van der Waals surface area contributed by atoms with Crippen LogP contribution in [0.4, 0.5) is 10.1 Å². The van der Waals surface area contributed by atoms with Crippen LogP contribution in [0.25, 0.3) is 0 Å². The highest BCUT2D eigenvalue weighted by molar-refractivity contribution is 8.04. The maximum atomic E-state index is 13.6. The Morgan fingerprint density at radius 1 is 1.39 bits per heavy atom. The van der Waals surface area contributed by atoms with Gasteiger partial charge in [0.25, 0.3) is 0 Å². The highest BCUT2D eigenvalue weighted by Crippen LogP contribution is 2.16. The fourth-order valence-electron chi connectivity index (χ4n) is 1.08. The van der Waals surface area contributed by atoms with Gasteiger partial charge < -0.3 is 0 Å². The van der Waals surface area contributed by atoms with E-state index in [-0.39, 0.29) is 5.69 Å². The Bertz CT molecular complexity index is 586. The van der Waals surface area contributed by atoms with Gasteiger partial charge in [0, 0.05) is 10.8 Å². The van der Waals surface area contributed by atoms with Gasteiger partial charge in [-0.1, -0.05) is 31.5 Å². The molecule has 0 aliphatic rings. The molecule has 1 N–H and O–H groups in total. The number of hydrogen-bond acceptors (Lipinski definition) is 3. The van der Waals surface area contributed by atoms with Crippen molar-refractivity contribution in [3.8, 4) is 11.2 Å². The van der Waals surface area contributed by atoms with Crippen LogP contribution < -0.4 is 4.72 Å². The SMILES string of the molecule is CC(C)SC#Cc1ccc(NS(C)(=O)=O)c(F)c1. The molecule has 0 bridgehead atoms. The quantitative estimate of drug-likeness (QED) is 0.869. The first-order valence-electron chi connectivity index (χ1n) is 5.22. The minimum absolute atomic E-state index is 0.0698. The monoisotopic (exact) mass is 287 g/mol. The van der Waals surface area contributed by atoms with E-state index in [1.807, 2.05) is 13.8 Å². The van der Waals surface area contributed by atoms with Crippen molar-refractivity contribution in [3.05, 3.63) is 29.6 Å². The lowest BCUT2D eigenvalue weighted by molar-refractivity contribution is 0.603. The van der Waals surface area contributed by atoms with E-state index in [2.05, 4.69) is 15.9 Å². The number of nitrogens with one attached hydrogen (secondary N) is 1. The zero-order valence-electron chi connectivity index (χ0n) is 10.3. The predicted octanol–water partition coefficient (Wildman–Crippen LogP) is 2.65. The zero-order chi connectivity index (χ0) is 13.8. The summed E-state index contributed by atoms with van der Waals surface area (Å²) in [6.45, 7) is 4.03. The van der Waals surface area contributed by atoms with E-state index >= 15 is 0 Å².